The van der Waals surface area contributed by atoms with Crippen LogP contribution in [-0.2, 0) is 17.0 Å². The van der Waals surface area contributed by atoms with Crippen molar-refractivity contribution < 1.29 is 4.79 Å². The highest BCUT2D eigenvalue weighted by Crippen LogP contribution is 2.22. The Hall–Kier alpha value is -2.57. The van der Waals surface area contributed by atoms with Gasteiger partial charge in [-0.3, -0.25) is 9.59 Å². The predicted octanol–water partition coefficient (Wildman–Crippen LogP) is 4.82. The Morgan fingerprint density at radius 1 is 1.14 bits per heavy atom. The van der Waals surface area contributed by atoms with Crippen molar-refractivity contribution in [1.82, 2.24) is 9.97 Å². The minimum absolute atomic E-state index is 0.0266. The largest absolute Gasteiger partial charge is 0.325 e. The number of carbonyl (C=O) groups excluding carboxylic acids is 1. The third-order valence-corrected chi connectivity index (χ3v) is 5.73. The van der Waals surface area contributed by atoms with Gasteiger partial charge in [-0.15, -0.1) is 0 Å². The maximum Gasteiger partial charge on any atom is 0.255 e. The number of aromatic nitrogens is 2. The molecule has 0 aliphatic heterocycles. The van der Waals surface area contributed by atoms with Gasteiger partial charge in [-0.05, 0) is 49.6 Å². The van der Waals surface area contributed by atoms with E-state index in [4.69, 9.17) is 11.6 Å². The minimum atomic E-state index is -0.289. The second-order valence-corrected chi connectivity index (χ2v) is 8.25. The molecule has 3 aromatic rings. The van der Waals surface area contributed by atoms with Gasteiger partial charge in [0.1, 0.15) is 0 Å². The molecule has 0 atom stereocenters. The molecule has 1 heterocycles. The first kappa shape index (κ1) is 21.1. The van der Waals surface area contributed by atoms with Gasteiger partial charge < -0.3 is 10.3 Å². The number of thioether (sulfide) groups is 1. The maximum atomic E-state index is 12.5. The van der Waals surface area contributed by atoms with Gasteiger partial charge in [0.25, 0.3) is 5.56 Å². The Labute approximate surface area is 178 Å². The van der Waals surface area contributed by atoms with Crippen LogP contribution in [0.1, 0.15) is 27.9 Å². The molecule has 5 nitrogen and oxygen atoms in total. The molecule has 0 saturated heterocycles. The van der Waals surface area contributed by atoms with E-state index in [1.54, 1.807) is 6.92 Å². The maximum absolute atomic E-state index is 12.5. The first-order chi connectivity index (χ1) is 13.8. The molecule has 1 aromatic heterocycles. The lowest BCUT2D eigenvalue weighted by Gasteiger charge is -2.12. The molecule has 2 N–H and O–H groups in total. The third-order valence-electron chi connectivity index (χ3n) is 4.55. The molecule has 0 bridgehead atoms. The molecular weight excluding hydrogens is 406 g/mol. The Kier molecular flexibility index (Phi) is 6.77. The zero-order chi connectivity index (χ0) is 21.0. The van der Waals surface area contributed by atoms with Gasteiger partial charge >= 0.3 is 0 Å². The zero-order valence-electron chi connectivity index (χ0n) is 16.5. The second kappa shape index (κ2) is 9.29. The van der Waals surface area contributed by atoms with E-state index in [0.29, 0.717) is 27.2 Å². The summed E-state index contributed by atoms with van der Waals surface area (Å²) in [5, 5.41) is 4.10. The number of nitrogens with one attached hydrogen (secondary N) is 2. The monoisotopic (exact) mass is 427 g/mol. The Morgan fingerprint density at radius 2 is 1.83 bits per heavy atom. The summed E-state index contributed by atoms with van der Waals surface area (Å²) >= 11 is 7.42. The van der Waals surface area contributed by atoms with Crippen LogP contribution < -0.4 is 10.9 Å². The van der Waals surface area contributed by atoms with E-state index in [9.17, 15) is 9.59 Å². The molecule has 0 spiro atoms. The number of amides is 1. The van der Waals surface area contributed by atoms with Gasteiger partial charge in [-0.25, -0.2) is 4.98 Å². The summed E-state index contributed by atoms with van der Waals surface area (Å²) in [7, 11) is 0. The van der Waals surface area contributed by atoms with Gasteiger partial charge in [0.2, 0.25) is 5.91 Å². The molecule has 29 heavy (non-hydrogen) atoms. The second-order valence-electron chi connectivity index (χ2n) is 6.85. The molecule has 1 amide bonds. The average Bonchev–Trinajstić information content (AvgIpc) is 2.66. The summed E-state index contributed by atoms with van der Waals surface area (Å²) in [6.45, 7) is 5.63. The van der Waals surface area contributed by atoms with Crippen molar-refractivity contribution in [3.05, 3.63) is 85.8 Å². The highest BCUT2D eigenvalue weighted by Gasteiger charge is 2.14. The van der Waals surface area contributed by atoms with Gasteiger partial charge in [-0.2, -0.15) is 0 Å². The van der Waals surface area contributed by atoms with Crippen molar-refractivity contribution in [3.8, 4) is 0 Å². The number of anilines is 1. The fourth-order valence-corrected chi connectivity index (χ4v) is 4.06. The van der Waals surface area contributed by atoms with Crippen LogP contribution in [0.25, 0.3) is 0 Å². The van der Waals surface area contributed by atoms with E-state index in [1.807, 2.05) is 56.3 Å². The summed E-state index contributed by atoms with van der Waals surface area (Å²) < 4.78 is 0. The number of hydrogen-bond donors (Lipinski definition) is 2. The number of para-hydroxylation sites is 1. The van der Waals surface area contributed by atoms with Crippen molar-refractivity contribution in [2.45, 2.75) is 38.1 Å². The molecule has 0 aliphatic carbocycles. The van der Waals surface area contributed by atoms with Crippen LogP contribution in [0.15, 0.2) is 52.4 Å². The van der Waals surface area contributed by atoms with Gasteiger partial charge in [-0.1, -0.05) is 53.7 Å². The number of carbonyl (C=O) groups is 1. The molecule has 0 unspecified atom stereocenters. The summed E-state index contributed by atoms with van der Waals surface area (Å²) in [6.07, 6.45) is -0.0266. The lowest BCUT2D eigenvalue weighted by atomic mass is 10.1. The number of halogens is 1. The standard InChI is InChI=1S/C22H22ClN3O2S/c1-13-6-4-7-14(2)20(13)25-19(27)11-18-15(3)24-22(26-21(18)28)29-12-16-8-5-9-17(23)10-16/h4-10H,11-12H2,1-3H3,(H,25,27)(H,24,26,28). The Balaban J connectivity index is 1.70. The van der Waals surface area contributed by atoms with Crippen molar-refractivity contribution in [3.63, 3.8) is 0 Å². The number of nitrogens with zero attached hydrogens (tertiary/aromatic N) is 1. The molecule has 0 fully saturated rings. The number of aromatic amines is 1. The van der Waals surface area contributed by atoms with E-state index in [1.165, 1.54) is 11.8 Å². The molecule has 150 valence electrons. The van der Waals surface area contributed by atoms with Crippen molar-refractivity contribution in [1.29, 1.82) is 0 Å². The summed E-state index contributed by atoms with van der Waals surface area (Å²) in [6, 6.07) is 13.4. The van der Waals surface area contributed by atoms with Crippen molar-refractivity contribution in [2.75, 3.05) is 5.32 Å². The summed E-state index contributed by atoms with van der Waals surface area (Å²) in [4.78, 5) is 32.3. The molecule has 7 heteroatoms. The topological polar surface area (TPSA) is 74.8 Å². The number of benzene rings is 2. The van der Waals surface area contributed by atoms with Gasteiger partial charge in [0.05, 0.1) is 6.42 Å². The normalized spacial score (nSPS) is 10.8. The Morgan fingerprint density at radius 3 is 2.48 bits per heavy atom. The van der Waals surface area contributed by atoms with Gasteiger partial charge in [0.15, 0.2) is 5.16 Å². The SMILES string of the molecule is Cc1cccc(C)c1NC(=O)Cc1c(C)nc(SCc2cccc(Cl)c2)[nH]c1=O. The lowest BCUT2D eigenvalue weighted by molar-refractivity contribution is -0.115. The van der Waals surface area contributed by atoms with Crippen molar-refractivity contribution >= 4 is 35.0 Å². The number of hydrogen-bond acceptors (Lipinski definition) is 4. The molecule has 0 saturated carbocycles. The zero-order valence-corrected chi connectivity index (χ0v) is 18.1. The van der Waals surface area contributed by atoms with Crippen LogP contribution in [0.2, 0.25) is 5.02 Å². The van der Waals surface area contributed by atoms with E-state index in [0.717, 1.165) is 22.4 Å². The number of aryl methyl sites for hydroxylation is 3. The quantitative estimate of drug-likeness (QED) is 0.436. The highest BCUT2D eigenvalue weighted by molar-refractivity contribution is 7.98. The van der Waals surface area contributed by atoms with Crippen molar-refractivity contribution in [2.24, 2.45) is 0 Å². The number of rotatable bonds is 6. The number of H-pyrrole nitrogens is 1. The van der Waals surface area contributed by atoms with Crippen LogP contribution in [0.3, 0.4) is 0 Å². The van der Waals surface area contributed by atoms with E-state index < -0.39 is 0 Å². The minimum Gasteiger partial charge on any atom is -0.325 e. The van der Waals surface area contributed by atoms with E-state index >= 15 is 0 Å². The first-order valence-electron chi connectivity index (χ1n) is 9.16. The molecule has 2 aromatic carbocycles. The summed E-state index contributed by atoms with van der Waals surface area (Å²) in [5.74, 6) is 0.395. The fraction of sp³-hybridized carbons (Fsp3) is 0.227. The lowest BCUT2D eigenvalue weighted by Crippen LogP contribution is -2.24. The first-order valence-corrected chi connectivity index (χ1v) is 10.5. The predicted molar refractivity (Wildman–Crippen MR) is 119 cm³/mol. The van der Waals surface area contributed by atoms with Crippen LogP contribution in [0, 0.1) is 20.8 Å². The van der Waals surface area contributed by atoms with Gasteiger partial charge in [0, 0.05) is 27.7 Å². The third kappa shape index (κ3) is 5.49. The van der Waals surface area contributed by atoms with Crippen LogP contribution >= 0.6 is 23.4 Å². The van der Waals surface area contributed by atoms with E-state index in [2.05, 4.69) is 15.3 Å². The molecular formula is C22H22ClN3O2S. The average molecular weight is 428 g/mol. The Bertz CT molecular complexity index is 1090. The van der Waals surface area contributed by atoms with Crippen LogP contribution in [-0.4, -0.2) is 15.9 Å². The molecule has 0 radical (unpaired) electrons. The molecule has 0 aliphatic rings. The summed E-state index contributed by atoms with van der Waals surface area (Å²) in [5.41, 5.74) is 4.43. The van der Waals surface area contributed by atoms with Crippen LogP contribution in [0.4, 0.5) is 5.69 Å². The van der Waals surface area contributed by atoms with Crippen LogP contribution in [0.5, 0.6) is 0 Å². The fourth-order valence-electron chi connectivity index (χ4n) is 3.00. The van der Waals surface area contributed by atoms with E-state index in [-0.39, 0.29) is 17.9 Å². The highest BCUT2D eigenvalue weighted by atomic mass is 35.5. The smallest absolute Gasteiger partial charge is 0.255 e. The molecule has 3 rings (SSSR count).